The van der Waals surface area contributed by atoms with Crippen molar-refractivity contribution in [3.63, 3.8) is 0 Å². The lowest BCUT2D eigenvalue weighted by molar-refractivity contribution is -0.136. The largest absolute Gasteiger partial charge is 0.491 e. The fourth-order valence-corrected chi connectivity index (χ4v) is 3.42. The Morgan fingerprint density at radius 1 is 1.03 bits per heavy atom. The lowest BCUT2D eigenvalue weighted by atomic mass is 10.0. The van der Waals surface area contributed by atoms with Crippen LogP contribution in [0.4, 0.5) is 0 Å². The molecule has 11 nitrogen and oxygen atoms in total. The number of rotatable bonds is 12. The summed E-state index contributed by atoms with van der Waals surface area (Å²) in [6, 6.07) is 3.48. The molecular formula is C22H24N2O9. The SMILES string of the molecule is O=C(O)C=CCCOCCOCCOc1ccc2c(c1)C(=O)N(C1CCC(=O)NC1=O)C2=O. The normalized spacial score (nSPS) is 18.1. The average Bonchev–Trinajstić information content (AvgIpc) is 3.02. The number of amides is 4. The molecule has 11 heteroatoms. The van der Waals surface area contributed by atoms with Crippen LogP contribution in [0.25, 0.3) is 0 Å². The lowest BCUT2D eigenvalue weighted by Gasteiger charge is -2.27. The van der Waals surface area contributed by atoms with Crippen LogP contribution in [-0.2, 0) is 23.9 Å². The van der Waals surface area contributed by atoms with Crippen LogP contribution in [0, 0.1) is 0 Å². The van der Waals surface area contributed by atoms with E-state index in [4.69, 9.17) is 19.3 Å². The minimum Gasteiger partial charge on any atom is -0.491 e. The van der Waals surface area contributed by atoms with Gasteiger partial charge in [-0.15, -0.1) is 0 Å². The highest BCUT2D eigenvalue weighted by Crippen LogP contribution is 2.30. The maximum atomic E-state index is 12.8. The van der Waals surface area contributed by atoms with Crippen molar-refractivity contribution in [2.24, 2.45) is 0 Å². The number of nitrogens with one attached hydrogen (secondary N) is 1. The second kappa shape index (κ2) is 11.3. The van der Waals surface area contributed by atoms with Gasteiger partial charge in [-0.25, -0.2) is 4.79 Å². The number of hydrogen-bond acceptors (Lipinski definition) is 8. The maximum absolute atomic E-state index is 12.8. The van der Waals surface area contributed by atoms with Gasteiger partial charge in [-0.05, 0) is 31.0 Å². The molecule has 4 amide bonds. The van der Waals surface area contributed by atoms with Crippen LogP contribution in [0.5, 0.6) is 5.75 Å². The summed E-state index contributed by atoms with van der Waals surface area (Å²) in [5, 5.41) is 10.6. The number of hydrogen-bond donors (Lipinski definition) is 2. The number of piperidine rings is 1. The Morgan fingerprint density at radius 2 is 1.73 bits per heavy atom. The molecule has 2 aliphatic heterocycles. The number of carboxylic acid groups (broad SMARTS) is 1. The van der Waals surface area contributed by atoms with Gasteiger partial charge in [0.25, 0.3) is 11.8 Å². The van der Waals surface area contributed by atoms with E-state index in [2.05, 4.69) is 5.32 Å². The first-order chi connectivity index (χ1) is 15.9. The third-order valence-corrected chi connectivity index (χ3v) is 4.97. The monoisotopic (exact) mass is 460 g/mol. The molecule has 1 atom stereocenters. The van der Waals surface area contributed by atoms with Crippen LogP contribution in [-0.4, -0.2) is 78.7 Å². The highest BCUT2D eigenvalue weighted by Gasteiger charge is 2.44. The Balaban J connectivity index is 1.41. The van der Waals surface area contributed by atoms with E-state index in [0.29, 0.717) is 32.0 Å². The van der Waals surface area contributed by atoms with Gasteiger partial charge >= 0.3 is 5.97 Å². The zero-order valence-electron chi connectivity index (χ0n) is 17.8. The van der Waals surface area contributed by atoms with Crippen LogP contribution in [0.3, 0.4) is 0 Å². The molecule has 2 N–H and O–H groups in total. The smallest absolute Gasteiger partial charge is 0.327 e. The summed E-state index contributed by atoms with van der Waals surface area (Å²) in [5.41, 5.74) is 0.331. The van der Waals surface area contributed by atoms with E-state index in [0.717, 1.165) is 11.0 Å². The molecule has 0 radical (unpaired) electrons. The van der Waals surface area contributed by atoms with Crippen LogP contribution in [0.1, 0.15) is 40.0 Å². The Kier molecular flexibility index (Phi) is 8.28. The first-order valence-electron chi connectivity index (χ1n) is 10.4. The first kappa shape index (κ1) is 24.1. The van der Waals surface area contributed by atoms with Crippen molar-refractivity contribution in [2.75, 3.05) is 33.0 Å². The molecular weight excluding hydrogens is 436 g/mol. The third-order valence-electron chi connectivity index (χ3n) is 4.97. The quantitative estimate of drug-likeness (QED) is 0.259. The number of nitrogens with zero attached hydrogens (tertiary/aromatic N) is 1. The van der Waals surface area contributed by atoms with Gasteiger partial charge in [0.05, 0.1) is 37.6 Å². The number of aliphatic carboxylic acids is 1. The third kappa shape index (κ3) is 6.24. The van der Waals surface area contributed by atoms with Crippen molar-refractivity contribution in [3.05, 3.63) is 41.5 Å². The zero-order valence-corrected chi connectivity index (χ0v) is 17.8. The first-order valence-corrected chi connectivity index (χ1v) is 10.4. The molecule has 1 saturated heterocycles. The number of carbonyl (C=O) groups is 5. The van der Waals surface area contributed by atoms with Gasteiger partial charge in [0.1, 0.15) is 18.4 Å². The summed E-state index contributed by atoms with van der Waals surface area (Å²) in [6.07, 6.45) is 3.22. The number of imide groups is 2. The van der Waals surface area contributed by atoms with Crippen LogP contribution in [0.2, 0.25) is 0 Å². The average molecular weight is 460 g/mol. The predicted molar refractivity (Wildman–Crippen MR) is 112 cm³/mol. The molecule has 0 saturated carbocycles. The van der Waals surface area contributed by atoms with E-state index >= 15 is 0 Å². The second-order valence-corrected chi connectivity index (χ2v) is 7.26. The molecule has 1 aromatic carbocycles. The molecule has 1 fully saturated rings. The lowest BCUT2D eigenvalue weighted by Crippen LogP contribution is -2.54. The van der Waals surface area contributed by atoms with Crippen molar-refractivity contribution < 1.29 is 43.3 Å². The summed E-state index contributed by atoms with van der Waals surface area (Å²) in [5.74, 6) is -2.87. The van der Waals surface area contributed by atoms with E-state index in [1.165, 1.54) is 18.2 Å². The molecule has 2 aliphatic rings. The van der Waals surface area contributed by atoms with Crippen LogP contribution < -0.4 is 10.1 Å². The standard InChI is InChI=1S/C22H24N2O9/c25-18-7-6-17(20(28)23-18)24-21(29)15-5-4-14(13-16(15)22(24)30)33-12-11-32-10-9-31-8-2-1-3-19(26)27/h1,3-5,13,17H,2,6-12H2,(H,26,27)(H,23,25,28). The number of fused-ring (bicyclic) bond motifs is 1. The minimum atomic E-state index is -1.01. The molecule has 0 aliphatic carbocycles. The van der Waals surface area contributed by atoms with Crippen LogP contribution in [0.15, 0.2) is 30.4 Å². The number of carboxylic acids is 1. The summed E-state index contributed by atoms with van der Waals surface area (Å²) in [7, 11) is 0. The molecule has 33 heavy (non-hydrogen) atoms. The number of carbonyl (C=O) groups excluding carboxylic acids is 4. The summed E-state index contributed by atoms with van der Waals surface area (Å²) < 4.78 is 16.3. The molecule has 176 valence electrons. The Labute approximate surface area is 189 Å². The maximum Gasteiger partial charge on any atom is 0.327 e. The molecule has 1 unspecified atom stereocenters. The number of benzene rings is 1. The van der Waals surface area contributed by atoms with Gasteiger partial charge in [0.15, 0.2) is 0 Å². The highest BCUT2D eigenvalue weighted by molar-refractivity contribution is 6.23. The number of ether oxygens (including phenoxy) is 3. The van der Waals surface area contributed by atoms with Gasteiger partial charge in [-0.1, -0.05) is 6.08 Å². The zero-order chi connectivity index (χ0) is 23.8. The van der Waals surface area contributed by atoms with Gasteiger partial charge in [0, 0.05) is 12.5 Å². The summed E-state index contributed by atoms with van der Waals surface area (Å²) in [4.78, 5) is 60.1. The molecule has 0 aromatic heterocycles. The minimum absolute atomic E-state index is 0.0605. The van der Waals surface area contributed by atoms with Gasteiger partial charge in [0.2, 0.25) is 11.8 Å². The van der Waals surface area contributed by atoms with Crippen molar-refractivity contribution in [3.8, 4) is 5.75 Å². The van der Waals surface area contributed by atoms with Crippen molar-refractivity contribution in [2.45, 2.75) is 25.3 Å². The fourth-order valence-electron chi connectivity index (χ4n) is 3.42. The Hall–Kier alpha value is -3.57. The van der Waals surface area contributed by atoms with Gasteiger partial charge in [-0.2, -0.15) is 0 Å². The molecule has 3 rings (SSSR count). The molecule has 2 heterocycles. The highest BCUT2D eigenvalue weighted by atomic mass is 16.5. The predicted octanol–water partition coefficient (Wildman–Crippen LogP) is 0.531. The second-order valence-electron chi connectivity index (χ2n) is 7.26. The van der Waals surface area contributed by atoms with Crippen molar-refractivity contribution in [1.82, 2.24) is 10.2 Å². The van der Waals surface area contributed by atoms with E-state index in [1.807, 2.05) is 0 Å². The van der Waals surface area contributed by atoms with Crippen LogP contribution >= 0.6 is 0 Å². The Bertz CT molecular complexity index is 973. The molecule has 0 bridgehead atoms. The van der Waals surface area contributed by atoms with Gasteiger partial charge in [-0.3, -0.25) is 29.4 Å². The van der Waals surface area contributed by atoms with Crippen molar-refractivity contribution >= 4 is 29.6 Å². The summed E-state index contributed by atoms with van der Waals surface area (Å²) in [6.45, 7) is 1.56. The topological polar surface area (TPSA) is 149 Å². The Morgan fingerprint density at radius 3 is 2.45 bits per heavy atom. The van der Waals surface area contributed by atoms with Gasteiger partial charge < -0.3 is 19.3 Å². The molecule has 0 spiro atoms. The van der Waals surface area contributed by atoms with E-state index in [9.17, 15) is 24.0 Å². The van der Waals surface area contributed by atoms with E-state index in [-0.39, 0.29) is 37.2 Å². The summed E-state index contributed by atoms with van der Waals surface area (Å²) >= 11 is 0. The fraction of sp³-hybridized carbons (Fsp3) is 0.409. The van der Waals surface area contributed by atoms with E-state index in [1.54, 1.807) is 6.07 Å². The van der Waals surface area contributed by atoms with E-state index < -0.39 is 35.6 Å². The van der Waals surface area contributed by atoms with Crippen molar-refractivity contribution in [1.29, 1.82) is 0 Å². The molecule has 1 aromatic rings.